The fraction of sp³-hybridized carbons (Fsp3) is 0.333. The van der Waals surface area contributed by atoms with Crippen LogP contribution in [0.4, 0.5) is 0 Å². The first-order chi connectivity index (χ1) is 11.2. The molecule has 1 saturated heterocycles. The van der Waals surface area contributed by atoms with E-state index in [4.69, 9.17) is 0 Å². The molecule has 0 unspecified atom stereocenters. The average molecular weight is 371 g/mol. The maximum atomic E-state index is 4.49. The molecule has 0 aliphatic carbocycles. The van der Waals surface area contributed by atoms with Gasteiger partial charge in [-0.05, 0) is 66.0 Å². The van der Waals surface area contributed by atoms with Gasteiger partial charge >= 0.3 is 0 Å². The number of rotatable bonds is 2. The molecule has 2 aromatic heterocycles. The number of piperidine rings is 1. The summed E-state index contributed by atoms with van der Waals surface area (Å²) in [7, 11) is 2.20. The van der Waals surface area contributed by atoms with Crippen molar-refractivity contribution in [2.75, 3.05) is 20.1 Å². The summed E-state index contributed by atoms with van der Waals surface area (Å²) in [5.41, 5.74) is 4.57. The molecule has 118 valence electrons. The number of nitrogens with zero attached hydrogens (tertiary/aromatic N) is 4. The molecule has 0 amide bonds. The van der Waals surface area contributed by atoms with Gasteiger partial charge in [0.15, 0.2) is 5.65 Å². The zero-order valence-corrected chi connectivity index (χ0v) is 14.7. The molecular formula is C18H19BrN4. The highest BCUT2D eigenvalue weighted by Crippen LogP contribution is 2.29. The van der Waals surface area contributed by atoms with Crippen molar-refractivity contribution in [3.05, 3.63) is 52.9 Å². The van der Waals surface area contributed by atoms with E-state index in [2.05, 4.69) is 62.2 Å². The Morgan fingerprint density at radius 3 is 2.52 bits per heavy atom. The van der Waals surface area contributed by atoms with Crippen LogP contribution in [-0.4, -0.2) is 39.6 Å². The number of hydrogen-bond donors (Lipinski definition) is 0. The van der Waals surface area contributed by atoms with Crippen molar-refractivity contribution < 1.29 is 0 Å². The second kappa shape index (κ2) is 6.06. The van der Waals surface area contributed by atoms with Crippen LogP contribution in [-0.2, 0) is 0 Å². The fourth-order valence-corrected chi connectivity index (χ4v) is 3.66. The highest BCUT2D eigenvalue weighted by molar-refractivity contribution is 9.10. The lowest BCUT2D eigenvalue weighted by Crippen LogP contribution is -2.29. The topological polar surface area (TPSA) is 33.4 Å². The third kappa shape index (κ3) is 2.91. The molecule has 0 spiro atoms. The van der Waals surface area contributed by atoms with Crippen LogP contribution in [0.25, 0.3) is 16.8 Å². The number of likely N-dealkylation sites (tertiary alicyclic amines) is 1. The molecule has 1 aromatic carbocycles. The summed E-state index contributed by atoms with van der Waals surface area (Å²) in [5.74, 6) is 0.697. The number of halogens is 1. The Balaban J connectivity index is 1.59. The third-order valence-corrected chi connectivity index (χ3v) is 5.31. The minimum absolute atomic E-state index is 0.697. The smallest absolute Gasteiger partial charge is 0.169 e. The molecule has 0 atom stereocenters. The van der Waals surface area contributed by atoms with E-state index in [1.165, 1.54) is 37.1 Å². The van der Waals surface area contributed by atoms with Gasteiger partial charge in [0.25, 0.3) is 0 Å². The van der Waals surface area contributed by atoms with Crippen molar-refractivity contribution >= 4 is 21.6 Å². The van der Waals surface area contributed by atoms with Crippen molar-refractivity contribution in [2.24, 2.45) is 0 Å². The minimum atomic E-state index is 0.697. The van der Waals surface area contributed by atoms with Crippen LogP contribution in [0, 0.1) is 0 Å². The average Bonchev–Trinajstić information content (AvgIpc) is 2.96. The Morgan fingerprint density at radius 1 is 1.04 bits per heavy atom. The Hall–Kier alpha value is -1.72. The highest BCUT2D eigenvalue weighted by atomic mass is 79.9. The van der Waals surface area contributed by atoms with Crippen LogP contribution in [0.1, 0.15) is 24.3 Å². The van der Waals surface area contributed by atoms with Crippen LogP contribution in [0.5, 0.6) is 0 Å². The largest absolute Gasteiger partial charge is 0.306 e. The summed E-state index contributed by atoms with van der Waals surface area (Å²) in [5, 5.41) is 4.31. The maximum Gasteiger partial charge on any atom is 0.169 e. The maximum absolute atomic E-state index is 4.49. The molecule has 23 heavy (non-hydrogen) atoms. The SMILES string of the molecule is CN1CCC(c2ccc(-c3cnc4c(Br)cnn4c3)cc2)CC1. The summed E-state index contributed by atoms with van der Waals surface area (Å²) >= 11 is 3.46. The van der Waals surface area contributed by atoms with Crippen molar-refractivity contribution in [3.63, 3.8) is 0 Å². The summed E-state index contributed by atoms with van der Waals surface area (Å²) in [6.45, 7) is 2.39. The molecular weight excluding hydrogens is 352 g/mol. The van der Waals surface area contributed by atoms with Gasteiger partial charge < -0.3 is 4.90 Å². The van der Waals surface area contributed by atoms with E-state index < -0.39 is 0 Å². The molecule has 0 radical (unpaired) electrons. The zero-order valence-electron chi connectivity index (χ0n) is 13.1. The van der Waals surface area contributed by atoms with Crippen LogP contribution < -0.4 is 0 Å². The van der Waals surface area contributed by atoms with Gasteiger partial charge in [0.05, 0.1) is 10.7 Å². The third-order valence-electron chi connectivity index (χ3n) is 4.75. The van der Waals surface area contributed by atoms with Crippen LogP contribution in [0.3, 0.4) is 0 Å². The van der Waals surface area contributed by atoms with E-state index >= 15 is 0 Å². The summed E-state index contributed by atoms with van der Waals surface area (Å²) in [6, 6.07) is 8.95. The Morgan fingerprint density at radius 2 is 1.78 bits per heavy atom. The van der Waals surface area contributed by atoms with Crippen LogP contribution >= 0.6 is 15.9 Å². The minimum Gasteiger partial charge on any atom is -0.306 e. The number of fused-ring (bicyclic) bond motifs is 1. The van der Waals surface area contributed by atoms with E-state index in [0.717, 1.165) is 15.7 Å². The Bertz CT molecular complexity index is 817. The molecule has 1 aliphatic rings. The molecule has 5 heteroatoms. The Labute approximate surface area is 144 Å². The molecule has 1 aliphatic heterocycles. The highest BCUT2D eigenvalue weighted by Gasteiger charge is 2.18. The first-order valence-electron chi connectivity index (χ1n) is 7.98. The van der Waals surface area contributed by atoms with E-state index in [0.29, 0.717) is 5.92 Å². The Kier molecular flexibility index (Phi) is 3.91. The van der Waals surface area contributed by atoms with Gasteiger partial charge in [-0.2, -0.15) is 5.10 Å². The number of benzene rings is 1. The second-order valence-electron chi connectivity index (χ2n) is 6.30. The first-order valence-corrected chi connectivity index (χ1v) is 8.78. The quantitative estimate of drug-likeness (QED) is 0.684. The summed E-state index contributed by atoms with van der Waals surface area (Å²) < 4.78 is 2.73. The van der Waals surface area contributed by atoms with Crippen molar-refractivity contribution in [3.8, 4) is 11.1 Å². The normalized spacial score (nSPS) is 17.0. The van der Waals surface area contributed by atoms with Gasteiger partial charge in [0.1, 0.15) is 0 Å². The molecule has 3 aromatic rings. The molecule has 4 nitrogen and oxygen atoms in total. The molecule has 0 saturated carbocycles. The van der Waals surface area contributed by atoms with Crippen LogP contribution in [0.2, 0.25) is 0 Å². The predicted molar refractivity (Wildman–Crippen MR) is 95.6 cm³/mol. The lowest BCUT2D eigenvalue weighted by atomic mass is 9.89. The lowest BCUT2D eigenvalue weighted by molar-refractivity contribution is 0.255. The van der Waals surface area contributed by atoms with E-state index in [-0.39, 0.29) is 0 Å². The number of hydrogen-bond acceptors (Lipinski definition) is 3. The van der Waals surface area contributed by atoms with Gasteiger partial charge in [0.2, 0.25) is 0 Å². The standard InChI is InChI=1S/C18H19BrN4/c1-22-8-6-15(7-9-22)13-2-4-14(5-3-13)16-10-20-18-17(19)11-21-23(18)12-16/h2-5,10-12,15H,6-9H2,1H3. The van der Waals surface area contributed by atoms with E-state index in [1.54, 1.807) is 6.20 Å². The van der Waals surface area contributed by atoms with Gasteiger partial charge in [-0.25, -0.2) is 9.50 Å². The molecule has 3 heterocycles. The summed E-state index contributed by atoms with van der Waals surface area (Å²) in [4.78, 5) is 6.90. The molecule has 4 rings (SSSR count). The van der Waals surface area contributed by atoms with E-state index in [1.807, 2.05) is 16.9 Å². The molecule has 0 bridgehead atoms. The zero-order chi connectivity index (χ0) is 15.8. The van der Waals surface area contributed by atoms with E-state index in [9.17, 15) is 0 Å². The van der Waals surface area contributed by atoms with Gasteiger partial charge in [-0.1, -0.05) is 24.3 Å². The van der Waals surface area contributed by atoms with Gasteiger partial charge in [-0.15, -0.1) is 0 Å². The molecule has 0 N–H and O–H groups in total. The van der Waals surface area contributed by atoms with Crippen molar-refractivity contribution in [2.45, 2.75) is 18.8 Å². The number of aromatic nitrogens is 3. The molecule has 1 fully saturated rings. The predicted octanol–water partition coefficient (Wildman–Crippen LogP) is 3.97. The van der Waals surface area contributed by atoms with Gasteiger partial charge in [0, 0.05) is 18.0 Å². The second-order valence-corrected chi connectivity index (χ2v) is 7.16. The van der Waals surface area contributed by atoms with Crippen molar-refractivity contribution in [1.29, 1.82) is 0 Å². The monoisotopic (exact) mass is 370 g/mol. The fourth-order valence-electron chi connectivity index (χ4n) is 3.28. The lowest BCUT2D eigenvalue weighted by Gasteiger charge is -2.29. The van der Waals surface area contributed by atoms with Gasteiger partial charge in [-0.3, -0.25) is 0 Å². The first kappa shape index (κ1) is 14.8. The van der Waals surface area contributed by atoms with Crippen molar-refractivity contribution in [1.82, 2.24) is 19.5 Å². The van der Waals surface area contributed by atoms with Crippen LogP contribution in [0.15, 0.2) is 47.3 Å². The summed E-state index contributed by atoms with van der Waals surface area (Å²) in [6.07, 6.45) is 8.22.